The summed E-state index contributed by atoms with van der Waals surface area (Å²) in [6.45, 7) is 1.69. The molecule has 0 unspecified atom stereocenters. The number of anilines is 1. The predicted molar refractivity (Wildman–Crippen MR) is 83.6 cm³/mol. The van der Waals surface area contributed by atoms with E-state index in [-0.39, 0.29) is 11.6 Å². The first-order valence-electron chi connectivity index (χ1n) is 6.07. The number of nitrogens with one attached hydrogen (secondary N) is 2. The fraction of sp³-hybridized carbons (Fsp3) is 0.0714. The van der Waals surface area contributed by atoms with E-state index in [1.165, 1.54) is 6.08 Å². The summed E-state index contributed by atoms with van der Waals surface area (Å²) in [7, 11) is 0. The number of H-pyrrole nitrogens is 1. The SMILES string of the molecule is Cc1[nH]nc(C(N)=O)c1NC(=O)/C=C\c1ccccc1Br. The Kier molecular flexibility index (Phi) is 4.54. The molecule has 0 fully saturated rings. The van der Waals surface area contributed by atoms with Crippen LogP contribution in [0.3, 0.4) is 0 Å². The van der Waals surface area contributed by atoms with Crippen LogP contribution in [0.5, 0.6) is 0 Å². The summed E-state index contributed by atoms with van der Waals surface area (Å²) in [5, 5.41) is 8.96. The molecule has 0 aliphatic rings. The van der Waals surface area contributed by atoms with E-state index < -0.39 is 5.91 Å². The fourth-order valence-electron chi connectivity index (χ4n) is 1.70. The van der Waals surface area contributed by atoms with Gasteiger partial charge in [-0.05, 0) is 24.6 Å². The molecule has 4 N–H and O–H groups in total. The van der Waals surface area contributed by atoms with Crippen LogP contribution < -0.4 is 11.1 Å². The van der Waals surface area contributed by atoms with Gasteiger partial charge in [0.15, 0.2) is 5.69 Å². The second-order valence-corrected chi connectivity index (χ2v) is 5.13. The van der Waals surface area contributed by atoms with Gasteiger partial charge in [-0.1, -0.05) is 34.1 Å². The Morgan fingerprint density at radius 1 is 1.38 bits per heavy atom. The van der Waals surface area contributed by atoms with Crippen molar-refractivity contribution in [1.29, 1.82) is 0 Å². The average Bonchev–Trinajstić information content (AvgIpc) is 2.79. The second kappa shape index (κ2) is 6.36. The minimum absolute atomic E-state index is 0.00939. The molecule has 1 aromatic carbocycles. The minimum atomic E-state index is -0.704. The third-order valence-corrected chi connectivity index (χ3v) is 3.47. The number of rotatable bonds is 4. The molecular weight excluding hydrogens is 336 g/mol. The summed E-state index contributed by atoms with van der Waals surface area (Å²) >= 11 is 3.39. The maximum atomic E-state index is 11.9. The van der Waals surface area contributed by atoms with Crippen molar-refractivity contribution in [3.63, 3.8) is 0 Å². The highest BCUT2D eigenvalue weighted by Crippen LogP contribution is 2.19. The fourth-order valence-corrected chi connectivity index (χ4v) is 2.12. The lowest BCUT2D eigenvalue weighted by Gasteiger charge is -2.02. The number of carbonyl (C=O) groups excluding carboxylic acids is 2. The second-order valence-electron chi connectivity index (χ2n) is 4.28. The summed E-state index contributed by atoms with van der Waals surface area (Å²) in [6.07, 6.45) is 3.04. The van der Waals surface area contributed by atoms with E-state index in [0.717, 1.165) is 10.0 Å². The average molecular weight is 349 g/mol. The van der Waals surface area contributed by atoms with Gasteiger partial charge in [0.2, 0.25) is 5.91 Å². The van der Waals surface area contributed by atoms with Crippen molar-refractivity contribution in [2.75, 3.05) is 5.32 Å². The summed E-state index contributed by atoms with van der Waals surface area (Å²) in [6, 6.07) is 7.50. The molecule has 2 rings (SSSR count). The number of primary amides is 1. The van der Waals surface area contributed by atoms with Gasteiger partial charge in [-0.25, -0.2) is 0 Å². The summed E-state index contributed by atoms with van der Waals surface area (Å²) in [5.74, 6) is -1.08. The van der Waals surface area contributed by atoms with Crippen molar-refractivity contribution in [1.82, 2.24) is 10.2 Å². The Morgan fingerprint density at radius 3 is 2.76 bits per heavy atom. The van der Waals surface area contributed by atoms with Crippen molar-refractivity contribution in [3.8, 4) is 0 Å². The first-order valence-corrected chi connectivity index (χ1v) is 6.86. The van der Waals surface area contributed by atoms with Crippen LogP contribution in [-0.2, 0) is 4.79 Å². The van der Waals surface area contributed by atoms with Crippen LogP contribution in [0.25, 0.3) is 6.08 Å². The highest BCUT2D eigenvalue weighted by Gasteiger charge is 2.16. The largest absolute Gasteiger partial charge is 0.364 e. The molecule has 0 saturated carbocycles. The predicted octanol–water partition coefficient (Wildman–Crippen LogP) is 2.23. The number of hydrogen-bond donors (Lipinski definition) is 3. The number of aryl methyl sites for hydroxylation is 1. The molecular formula is C14H13BrN4O2. The number of carbonyl (C=O) groups is 2. The number of hydrogen-bond acceptors (Lipinski definition) is 3. The Balaban J connectivity index is 2.14. The maximum absolute atomic E-state index is 11.9. The monoisotopic (exact) mass is 348 g/mol. The van der Waals surface area contributed by atoms with Gasteiger partial charge < -0.3 is 11.1 Å². The summed E-state index contributed by atoms with van der Waals surface area (Å²) in [5.41, 5.74) is 6.93. The number of amides is 2. The molecule has 2 aromatic rings. The van der Waals surface area contributed by atoms with Crippen LogP contribution in [0.1, 0.15) is 21.7 Å². The van der Waals surface area contributed by atoms with E-state index >= 15 is 0 Å². The number of aromatic amines is 1. The summed E-state index contributed by atoms with van der Waals surface area (Å²) in [4.78, 5) is 23.1. The molecule has 1 aromatic heterocycles. The zero-order valence-electron chi connectivity index (χ0n) is 11.2. The molecule has 108 valence electrons. The van der Waals surface area contributed by atoms with Gasteiger partial charge in [0.25, 0.3) is 5.91 Å². The van der Waals surface area contributed by atoms with Gasteiger partial charge in [-0.15, -0.1) is 0 Å². The van der Waals surface area contributed by atoms with Crippen molar-refractivity contribution in [2.24, 2.45) is 5.73 Å². The topological polar surface area (TPSA) is 101 Å². The van der Waals surface area contributed by atoms with E-state index in [1.54, 1.807) is 13.0 Å². The summed E-state index contributed by atoms with van der Waals surface area (Å²) < 4.78 is 0.881. The third kappa shape index (κ3) is 3.57. The minimum Gasteiger partial charge on any atom is -0.364 e. The van der Waals surface area contributed by atoms with Crippen molar-refractivity contribution in [3.05, 3.63) is 51.8 Å². The van der Waals surface area contributed by atoms with Crippen molar-refractivity contribution in [2.45, 2.75) is 6.92 Å². The van der Waals surface area contributed by atoms with E-state index in [2.05, 4.69) is 31.4 Å². The Morgan fingerprint density at radius 2 is 2.10 bits per heavy atom. The van der Waals surface area contributed by atoms with Gasteiger partial charge in [-0.3, -0.25) is 14.7 Å². The van der Waals surface area contributed by atoms with Gasteiger partial charge in [-0.2, -0.15) is 5.10 Å². The van der Waals surface area contributed by atoms with Crippen LogP contribution in [-0.4, -0.2) is 22.0 Å². The molecule has 0 bridgehead atoms. The molecule has 21 heavy (non-hydrogen) atoms. The quantitative estimate of drug-likeness (QED) is 0.738. The molecule has 0 aliphatic carbocycles. The van der Waals surface area contributed by atoms with Crippen LogP contribution in [0.2, 0.25) is 0 Å². The smallest absolute Gasteiger partial charge is 0.271 e. The Bertz CT molecular complexity index is 722. The van der Waals surface area contributed by atoms with Gasteiger partial charge in [0, 0.05) is 10.5 Å². The molecule has 0 radical (unpaired) electrons. The lowest BCUT2D eigenvalue weighted by Crippen LogP contribution is -2.16. The molecule has 0 spiro atoms. The van der Waals surface area contributed by atoms with Crippen LogP contribution in [0.4, 0.5) is 5.69 Å². The number of benzene rings is 1. The van der Waals surface area contributed by atoms with Crippen molar-refractivity contribution >= 4 is 39.5 Å². The normalized spacial score (nSPS) is 10.8. The standard InChI is InChI=1S/C14H13BrN4O2/c1-8-12(13(14(16)21)19-18-8)17-11(20)7-6-9-4-2-3-5-10(9)15/h2-7H,1H3,(H2,16,21)(H,17,20)(H,18,19)/b7-6-. The number of nitrogens with zero attached hydrogens (tertiary/aromatic N) is 1. The van der Waals surface area contributed by atoms with Crippen molar-refractivity contribution < 1.29 is 9.59 Å². The first-order chi connectivity index (χ1) is 9.99. The molecule has 0 saturated heterocycles. The van der Waals surface area contributed by atoms with E-state index in [4.69, 9.17) is 5.73 Å². The van der Waals surface area contributed by atoms with Gasteiger partial charge >= 0.3 is 0 Å². The highest BCUT2D eigenvalue weighted by molar-refractivity contribution is 9.10. The van der Waals surface area contributed by atoms with E-state index in [9.17, 15) is 9.59 Å². The van der Waals surface area contributed by atoms with Gasteiger partial charge in [0.1, 0.15) is 0 Å². The van der Waals surface area contributed by atoms with E-state index in [1.807, 2.05) is 24.3 Å². The highest BCUT2D eigenvalue weighted by atomic mass is 79.9. The Labute approximate surface area is 129 Å². The zero-order chi connectivity index (χ0) is 15.4. The van der Waals surface area contributed by atoms with E-state index in [0.29, 0.717) is 11.4 Å². The van der Waals surface area contributed by atoms with Crippen LogP contribution in [0.15, 0.2) is 34.8 Å². The number of aromatic nitrogens is 2. The first kappa shape index (κ1) is 15.0. The number of halogens is 1. The molecule has 7 heteroatoms. The lowest BCUT2D eigenvalue weighted by atomic mass is 10.2. The molecule has 0 aliphatic heterocycles. The molecule has 0 atom stereocenters. The zero-order valence-corrected chi connectivity index (χ0v) is 12.8. The third-order valence-electron chi connectivity index (χ3n) is 2.75. The number of nitrogens with two attached hydrogens (primary N) is 1. The lowest BCUT2D eigenvalue weighted by molar-refractivity contribution is -0.111. The maximum Gasteiger partial charge on any atom is 0.271 e. The van der Waals surface area contributed by atoms with Crippen LogP contribution >= 0.6 is 15.9 Å². The molecule has 2 amide bonds. The van der Waals surface area contributed by atoms with Gasteiger partial charge in [0.05, 0.1) is 11.4 Å². The molecule has 6 nitrogen and oxygen atoms in total. The molecule has 1 heterocycles. The van der Waals surface area contributed by atoms with Crippen LogP contribution in [0, 0.1) is 6.92 Å². The Hall–Kier alpha value is -2.41.